The third-order valence-electron chi connectivity index (χ3n) is 3.13. The van der Waals surface area contributed by atoms with Crippen LogP contribution in [0.5, 0.6) is 0 Å². The van der Waals surface area contributed by atoms with Crippen molar-refractivity contribution in [2.75, 3.05) is 33.3 Å². The van der Waals surface area contributed by atoms with Crippen LogP contribution in [0.3, 0.4) is 0 Å². The van der Waals surface area contributed by atoms with E-state index in [1.54, 1.807) is 0 Å². The van der Waals surface area contributed by atoms with E-state index in [1.165, 1.54) is 20.0 Å². The molecule has 0 amide bonds. The summed E-state index contributed by atoms with van der Waals surface area (Å²) in [5, 5.41) is 3.42. The van der Waals surface area contributed by atoms with Gasteiger partial charge in [0.05, 0.1) is 13.5 Å². The lowest BCUT2D eigenvalue weighted by Gasteiger charge is -2.34. The molecule has 1 heterocycles. The van der Waals surface area contributed by atoms with Crippen LogP contribution in [0.1, 0.15) is 32.6 Å². The molecule has 4 nitrogen and oxygen atoms in total. The van der Waals surface area contributed by atoms with E-state index in [4.69, 9.17) is 0 Å². The molecule has 0 spiro atoms. The Balaban J connectivity index is 2.35. The van der Waals surface area contributed by atoms with Crippen molar-refractivity contribution >= 4 is 5.97 Å². The van der Waals surface area contributed by atoms with Gasteiger partial charge in [-0.25, -0.2) is 0 Å². The van der Waals surface area contributed by atoms with Crippen LogP contribution in [0.25, 0.3) is 0 Å². The molecular formula is C12H24N2O2. The average molecular weight is 228 g/mol. The fourth-order valence-electron chi connectivity index (χ4n) is 2.25. The first-order chi connectivity index (χ1) is 7.77. The number of ether oxygens (including phenoxy) is 1. The summed E-state index contributed by atoms with van der Waals surface area (Å²) in [7, 11) is 1.45. The zero-order valence-electron chi connectivity index (χ0n) is 10.5. The van der Waals surface area contributed by atoms with Crippen molar-refractivity contribution in [2.24, 2.45) is 0 Å². The van der Waals surface area contributed by atoms with Gasteiger partial charge in [-0.2, -0.15) is 0 Å². The Morgan fingerprint density at radius 3 is 2.88 bits per heavy atom. The van der Waals surface area contributed by atoms with Gasteiger partial charge >= 0.3 is 5.97 Å². The molecule has 0 aliphatic carbocycles. The van der Waals surface area contributed by atoms with E-state index in [9.17, 15) is 4.79 Å². The maximum atomic E-state index is 11.1. The molecule has 0 radical (unpaired) electrons. The van der Waals surface area contributed by atoms with E-state index in [0.29, 0.717) is 12.5 Å². The number of nitrogens with one attached hydrogen (secondary N) is 1. The topological polar surface area (TPSA) is 41.6 Å². The minimum Gasteiger partial charge on any atom is -0.469 e. The molecule has 4 heteroatoms. The first kappa shape index (κ1) is 13.5. The van der Waals surface area contributed by atoms with Crippen LogP contribution in [0.2, 0.25) is 0 Å². The van der Waals surface area contributed by atoms with Crippen LogP contribution in [0, 0.1) is 0 Å². The second kappa shape index (κ2) is 7.63. The maximum Gasteiger partial charge on any atom is 0.306 e. The molecule has 1 unspecified atom stereocenters. The van der Waals surface area contributed by atoms with Gasteiger partial charge in [-0.3, -0.25) is 9.69 Å². The smallest absolute Gasteiger partial charge is 0.306 e. The Bertz CT molecular complexity index is 203. The molecule has 1 aliphatic rings. The molecule has 1 N–H and O–H groups in total. The van der Waals surface area contributed by atoms with Gasteiger partial charge in [0.25, 0.3) is 0 Å². The van der Waals surface area contributed by atoms with E-state index in [-0.39, 0.29) is 5.97 Å². The summed E-state index contributed by atoms with van der Waals surface area (Å²) in [6, 6.07) is 0.596. The van der Waals surface area contributed by atoms with Crippen LogP contribution in [0.15, 0.2) is 0 Å². The fraction of sp³-hybridized carbons (Fsp3) is 0.917. The number of carbonyl (C=O) groups excluding carboxylic acids is 1. The summed E-state index contributed by atoms with van der Waals surface area (Å²) < 4.78 is 4.68. The molecular weight excluding hydrogens is 204 g/mol. The standard InChI is InChI=1S/C12H24N2O2/c1-3-8-14(9-6-12(15)16-2)11-5-4-7-13-10-11/h11,13H,3-10H2,1-2H3. The van der Waals surface area contributed by atoms with Crippen molar-refractivity contribution in [3.63, 3.8) is 0 Å². The third kappa shape index (κ3) is 4.49. The van der Waals surface area contributed by atoms with Gasteiger partial charge in [-0.1, -0.05) is 6.92 Å². The summed E-state index contributed by atoms with van der Waals surface area (Å²) in [6.07, 6.45) is 4.13. The van der Waals surface area contributed by atoms with Crippen molar-refractivity contribution in [1.29, 1.82) is 0 Å². The average Bonchev–Trinajstić information content (AvgIpc) is 2.35. The van der Waals surface area contributed by atoms with E-state index in [2.05, 4.69) is 21.9 Å². The largest absolute Gasteiger partial charge is 0.469 e. The predicted molar refractivity (Wildman–Crippen MR) is 64.4 cm³/mol. The molecule has 1 atom stereocenters. The summed E-state index contributed by atoms with van der Waals surface area (Å²) in [5.41, 5.74) is 0. The first-order valence-corrected chi connectivity index (χ1v) is 6.29. The van der Waals surface area contributed by atoms with Gasteiger partial charge in [0.15, 0.2) is 0 Å². The Kier molecular flexibility index (Phi) is 6.42. The zero-order valence-corrected chi connectivity index (χ0v) is 10.5. The number of nitrogens with zero attached hydrogens (tertiary/aromatic N) is 1. The van der Waals surface area contributed by atoms with Gasteiger partial charge in [0.2, 0.25) is 0 Å². The Morgan fingerprint density at radius 1 is 1.50 bits per heavy atom. The number of carbonyl (C=O) groups is 1. The highest BCUT2D eigenvalue weighted by molar-refractivity contribution is 5.69. The van der Waals surface area contributed by atoms with Gasteiger partial charge < -0.3 is 10.1 Å². The lowest BCUT2D eigenvalue weighted by Crippen LogP contribution is -2.47. The van der Waals surface area contributed by atoms with Crippen molar-refractivity contribution in [2.45, 2.75) is 38.6 Å². The van der Waals surface area contributed by atoms with Crippen LogP contribution in [-0.2, 0) is 9.53 Å². The minimum atomic E-state index is -0.107. The van der Waals surface area contributed by atoms with Crippen LogP contribution in [-0.4, -0.2) is 50.2 Å². The molecule has 0 aromatic heterocycles. The molecule has 0 aromatic rings. The van der Waals surface area contributed by atoms with Crippen molar-refractivity contribution < 1.29 is 9.53 Å². The second-order valence-corrected chi connectivity index (χ2v) is 4.36. The highest BCUT2D eigenvalue weighted by Gasteiger charge is 2.20. The Hall–Kier alpha value is -0.610. The molecule has 1 fully saturated rings. The number of methoxy groups -OCH3 is 1. The monoisotopic (exact) mass is 228 g/mol. The van der Waals surface area contributed by atoms with Gasteiger partial charge in [-0.05, 0) is 32.4 Å². The quantitative estimate of drug-likeness (QED) is 0.689. The number of piperidine rings is 1. The maximum absolute atomic E-state index is 11.1. The number of rotatable bonds is 6. The lowest BCUT2D eigenvalue weighted by atomic mass is 10.1. The van der Waals surface area contributed by atoms with Gasteiger partial charge in [0.1, 0.15) is 0 Å². The third-order valence-corrected chi connectivity index (χ3v) is 3.13. The van der Waals surface area contributed by atoms with Crippen molar-refractivity contribution in [1.82, 2.24) is 10.2 Å². The molecule has 1 rings (SSSR count). The van der Waals surface area contributed by atoms with E-state index in [1.807, 2.05) is 0 Å². The number of esters is 1. The highest BCUT2D eigenvalue weighted by Crippen LogP contribution is 2.11. The molecule has 0 saturated carbocycles. The van der Waals surface area contributed by atoms with E-state index < -0.39 is 0 Å². The number of hydrogen-bond donors (Lipinski definition) is 1. The van der Waals surface area contributed by atoms with Gasteiger partial charge in [-0.15, -0.1) is 0 Å². The normalized spacial score (nSPS) is 21.1. The SMILES string of the molecule is CCCN(CCC(=O)OC)C1CCCNC1. The molecule has 0 aromatic carbocycles. The summed E-state index contributed by atoms with van der Waals surface area (Å²) >= 11 is 0. The summed E-state index contributed by atoms with van der Waals surface area (Å²) in [6.45, 7) is 6.27. The first-order valence-electron chi connectivity index (χ1n) is 6.29. The predicted octanol–water partition coefficient (Wildman–Crippen LogP) is 1.01. The van der Waals surface area contributed by atoms with Crippen molar-refractivity contribution in [3.05, 3.63) is 0 Å². The zero-order chi connectivity index (χ0) is 11.8. The van der Waals surface area contributed by atoms with Crippen LogP contribution in [0.4, 0.5) is 0 Å². The highest BCUT2D eigenvalue weighted by atomic mass is 16.5. The molecule has 1 aliphatic heterocycles. The molecule has 16 heavy (non-hydrogen) atoms. The van der Waals surface area contributed by atoms with E-state index >= 15 is 0 Å². The minimum absolute atomic E-state index is 0.107. The molecule has 0 bridgehead atoms. The van der Waals surface area contributed by atoms with Crippen LogP contribution >= 0.6 is 0 Å². The summed E-state index contributed by atoms with van der Waals surface area (Å²) in [4.78, 5) is 13.6. The van der Waals surface area contributed by atoms with E-state index in [0.717, 1.165) is 32.6 Å². The Labute approximate surface area is 98.3 Å². The number of hydrogen-bond acceptors (Lipinski definition) is 4. The fourth-order valence-corrected chi connectivity index (χ4v) is 2.25. The van der Waals surface area contributed by atoms with Gasteiger partial charge in [0, 0.05) is 19.1 Å². The molecule has 1 saturated heterocycles. The Morgan fingerprint density at radius 2 is 2.31 bits per heavy atom. The summed E-state index contributed by atoms with van der Waals surface area (Å²) in [5.74, 6) is -0.107. The molecule has 94 valence electrons. The van der Waals surface area contributed by atoms with Crippen molar-refractivity contribution in [3.8, 4) is 0 Å². The second-order valence-electron chi connectivity index (χ2n) is 4.36. The lowest BCUT2D eigenvalue weighted by molar-refractivity contribution is -0.141. The van der Waals surface area contributed by atoms with Crippen LogP contribution < -0.4 is 5.32 Å².